The number of nitrogens with zero attached hydrogens (tertiary/aromatic N) is 1. The second-order valence-corrected chi connectivity index (χ2v) is 6.64. The number of benzene rings is 1. The maximum Gasteiger partial charge on any atom is 0.119 e. The summed E-state index contributed by atoms with van der Waals surface area (Å²) in [6.07, 6.45) is 1.08. The summed E-state index contributed by atoms with van der Waals surface area (Å²) in [4.78, 5) is 2.62. The van der Waals surface area contributed by atoms with Crippen LogP contribution < -0.4 is 10.1 Å². The lowest BCUT2D eigenvalue weighted by molar-refractivity contribution is 0.0706. The minimum Gasteiger partial charge on any atom is -0.494 e. The molecule has 1 atom stereocenters. The van der Waals surface area contributed by atoms with Gasteiger partial charge in [-0.05, 0) is 24.0 Å². The lowest BCUT2D eigenvalue weighted by Crippen LogP contribution is -2.56. The van der Waals surface area contributed by atoms with Crippen molar-refractivity contribution in [3.8, 4) is 5.75 Å². The highest BCUT2D eigenvalue weighted by molar-refractivity contribution is 5.20. The number of piperazine rings is 1. The first-order valence-electron chi connectivity index (χ1n) is 7.70. The molecule has 112 valence electrons. The van der Waals surface area contributed by atoms with E-state index in [4.69, 9.17) is 4.74 Å². The van der Waals surface area contributed by atoms with Gasteiger partial charge in [0.25, 0.3) is 0 Å². The van der Waals surface area contributed by atoms with Crippen molar-refractivity contribution in [3.05, 3.63) is 30.3 Å². The van der Waals surface area contributed by atoms with Crippen molar-refractivity contribution in [2.24, 2.45) is 5.41 Å². The van der Waals surface area contributed by atoms with E-state index in [1.54, 1.807) is 0 Å². The highest BCUT2D eigenvalue weighted by Crippen LogP contribution is 2.25. The molecule has 3 heteroatoms. The lowest BCUT2D eigenvalue weighted by atomic mass is 9.84. The molecule has 0 saturated carbocycles. The smallest absolute Gasteiger partial charge is 0.119 e. The minimum absolute atomic E-state index is 0.327. The molecule has 1 aliphatic heterocycles. The SMILES string of the molecule is CC(C)(C)C1CNCCN1CCCOc1ccccc1. The zero-order valence-corrected chi connectivity index (χ0v) is 13.1. The normalized spacial score (nSPS) is 20.9. The van der Waals surface area contributed by atoms with Crippen LogP contribution in [0, 0.1) is 5.41 Å². The van der Waals surface area contributed by atoms with E-state index in [9.17, 15) is 0 Å². The maximum atomic E-state index is 5.78. The molecule has 20 heavy (non-hydrogen) atoms. The Kier molecular flexibility index (Phi) is 5.44. The predicted molar refractivity (Wildman–Crippen MR) is 84.2 cm³/mol. The third-order valence-electron chi connectivity index (χ3n) is 3.96. The zero-order valence-electron chi connectivity index (χ0n) is 13.1. The molecule has 1 N–H and O–H groups in total. The van der Waals surface area contributed by atoms with Gasteiger partial charge in [0.2, 0.25) is 0 Å². The average molecular weight is 276 g/mol. The van der Waals surface area contributed by atoms with Crippen LogP contribution in [0.1, 0.15) is 27.2 Å². The van der Waals surface area contributed by atoms with Crippen LogP contribution in [0.3, 0.4) is 0 Å². The molecule has 3 nitrogen and oxygen atoms in total. The number of hydrogen-bond acceptors (Lipinski definition) is 3. The number of nitrogens with one attached hydrogen (secondary N) is 1. The summed E-state index contributed by atoms with van der Waals surface area (Å²) in [7, 11) is 0. The second-order valence-electron chi connectivity index (χ2n) is 6.64. The highest BCUT2D eigenvalue weighted by atomic mass is 16.5. The predicted octanol–water partition coefficient (Wildman–Crippen LogP) is 2.78. The van der Waals surface area contributed by atoms with Gasteiger partial charge in [-0.2, -0.15) is 0 Å². The van der Waals surface area contributed by atoms with Crippen molar-refractivity contribution >= 4 is 0 Å². The van der Waals surface area contributed by atoms with Crippen LogP contribution in [0.2, 0.25) is 0 Å². The van der Waals surface area contributed by atoms with Crippen molar-refractivity contribution in [2.45, 2.75) is 33.2 Å². The van der Waals surface area contributed by atoms with Gasteiger partial charge in [-0.3, -0.25) is 4.90 Å². The van der Waals surface area contributed by atoms with Gasteiger partial charge in [0.15, 0.2) is 0 Å². The highest BCUT2D eigenvalue weighted by Gasteiger charge is 2.31. The second kappa shape index (κ2) is 7.09. The molecule has 0 radical (unpaired) electrons. The van der Waals surface area contributed by atoms with Crippen molar-refractivity contribution in [1.29, 1.82) is 0 Å². The Hall–Kier alpha value is -1.06. The fraction of sp³-hybridized carbons (Fsp3) is 0.647. The molecule has 1 heterocycles. The fourth-order valence-electron chi connectivity index (χ4n) is 2.84. The van der Waals surface area contributed by atoms with Crippen LogP contribution in [-0.2, 0) is 0 Å². The van der Waals surface area contributed by atoms with E-state index in [-0.39, 0.29) is 0 Å². The monoisotopic (exact) mass is 276 g/mol. The van der Waals surface area contributed by atoms with Crippen LogP contribution in [0.25, 0.3) is 0 Å². The molecular formula is C17H28N2O. The van der Waals surface area contributed by atoms with Crippen molar-refractivity contribution in [1.82, 2.24) is 10.2 Å². The molecule has 1 aliphatic rings. The molecule has 0 aliphatic carbocycles. The number of ether oxygens (including phenoxy) is 1. The van der Waals surface area contributed by atoms with E-state index in [0.717, 1.165) is 45.0 Å². The first-order chi connectivity index (χ1) is 9.57. The van der Waals surface area contributed by atoms with Crippen molar-refractivity contribution in [2.75, 3.05) is 32.8 Å². The van der Waals surface area contributed by atoms with Crippen LogP contribution in [0.15, 0.2) is 30.3 Å². The van der Waals surface area contributed by atoms with Crippen LogP contribution in [0.4, 0.5) is 0 Å². The Morgan fingerprint density at radius 2 is 2.00 bits per heavy atom. The van der Waals surface area contributed by atoms with Gasteiger partial charge in [-0.1, -0.05) is 39.0 Å². The Bertz CT molecular complexity index is 386. The topological polar surface area (TPSA) is 24.5 Å². The molecule has 1 fully saturated rings. The first-order valence-corrected chi connectivity index (χ1v) is 7.70. The van der Waals surface area contributed by atoms with Gasteiger partial charge in [0.1, 0.15) is 5.75 Å². The summed E-state index contributed by atoms with van der Waals surface area (Å²) in [5, 5.41) is 3.51. The van der Waals surface area contributed by atoms with Gasteiger partial charge < -0.3 is 10.1 Å². The molecule has 1 unspecified atom stereocenters. The maximum absolute atomic E-state index is 5.78. The third kappa shape index (κ3) is 4.50. The Morgan fingerprint density at radius 1 is 1.25 bits per heavy atom. The van der Waals surface area contributed by atoms with E-state index < -0.39 is 0 Å². The first kappa shape index (κ1) is 15.3. The fourth-order valence-corrected chi connectivity index (χ4v) is 2.84. The lowest BCUT2D eigenvalue weighted by Gasteiger charge is -2.43. The molecule has 2 rings (SSSR count). The molecule has 1 saturated heterocycles. The summed E-state index contributed by atoms with van der Waals surface area (Å²) in [5.74, 6) is 0.972. The standard InChI is InChI=1S/C17H28N2O/c1-17(2,3)16-14-18-10-12-19(16)11-7-13-20-15-8-5-4-6-9-15/h4-6,8-9,16,18H,7,10-14H2,1-3H3. The van der Waals surface area contributed by atoms with Crippen LogP contribution in [-0.4, -0.2) is 43.7 Å². The molecule has 0 bridgehead atoms. The van der Waals surface area contributed by atoms with Gasteiger partial charge >= 0.3 is 0 Å². The molecular weight excluding hydrogens is 248 g/mol. The third-order valence-corrected chi connectivity index (χ3v) is 3.96. The van der Waals surface area contributed by atoms with Crippen molar-refractivity contribution in [3.63, 3.8) is 0 Å². The summed E-state index contributed by atoms with van der Waals surface area (Å²) in [6, 6.07) is 10.7. The summed E-state index contributed by atoms with van der Waals surface area (Å²) >= 11 is 0. The van der Waals surface area contributed by atoms with Crippen molar-refractivity contribution < 1.29 is 4.74 Å². The van der Waals surface area contributed by atoms with E-state index >= 15 is 0 Å². The molecule has 0 amide bonds. The Morgan fingerprint density at radius 3 is 2.70 bits per heavy atom. The molecule has 1 aromatic rings. The Balaban J connectivity index is 1.74. The summed E-state index contributed by atoms with van der Waals surface area (Å²) in [6.45, 7) is 12.3. The number of rotatable bonds is 5. The number of para-hydroxylation sites is 1. The van der Waals surface area contributed by atoms with E-state index in [2.05, 4.69) is 31.0 Å². The van der Waals surface area contributed by atoms with E-state index in [1.165, 1.54) is 0 Å². The molecule has 0 spiro atoms. The minimum atomic E-state index is 0.327. The van der Waals surface area contributed by atoms with Gasteiger partial charge in [-0.25, -0.2) is 0 Å². The van der Waals surface area contributed by atoms with Gasteiger partial charge in [-0.15, -0.1) is 0 Å². The van der Waals surface area contributed by atoms with E-state index in [1.807, 2.05) is 30.3 Å². The summed E-state index contributed by atoms with van der Waals surface area (Å²) in [5.41, 5.74) is 0.327. The van der Waals surface area contributed by atoms with Crippen LogP contribution in [0.5, 0.6) is 5.75 Å². The largest absolute Gasteiger partial charge is 0.494 e. The summed E-state index contributed by atoms with van der Waals surface area (Å²) < 4.78 is 5.78. The molecule has 0 aromatic heterocycles. The average Bonchev–Trinajstić information content (AvgIpc) is 2.44. The quantitative estimate of drug-likeness (QED) is 0.837. The molecule has 1 aromatic carbocycles. The Labute approximate surface area is 123 Å². The van der Waals surface area contributed by atoms with E-state index in [0.29, 0.717) is 11.5 Å². The zero-order chi connectivity index (χ0) is 14.4. The number of hydrogen-bond donors (Lipinski definition) is 1. The van der Waals surface area contributed by atoms with Gasteiger partial charge in [0, 0.05) is 32.2 Å². The van der Waals surface area contributed by atoms with Gasteiger partial charge in [0.05, 0.1) is 6.61 Å². The van der Waals surface area contributed by atoms with Crippen LogP contribution >= 0.6 is 0 Å².